The van der Waals surface area contributed by atoms with Gasteiger partial charge in [0, 0.05) is 11.8 Å². The number of amides is 2. The van der Waals surface area contributed by atoms with Gasteiger partial charge in [-0.05, 0) is 31.2 Å². The highest BCUT2D eigenvalue weighted by Crippen LogP contribution is 2.15. The highest BCUT2D eigenvalue weighted by atomic mass is 32.2. The largest absolute Gasteiger partial charge is 0.508 e. The lowest BCUT2D eigenvalue weighted by Crippen LogP contribution is -2.34. The second kappa shape index (κ2) is 5.84. The summed E-state index contributed by atoms with van der Waals surface area (Å²) in [6, 6.07) is 11.0. The molecule has 0 aliphatic rings. The number of phenols is 1. The maximum Gasteiger partial charge on any atom is 0.333 e. The molecule has 0 aliphatic carbocycles. The zero-order valence-electron chi connectivity index (χ0n) is 11.2. The van der Waals surface area contributed by atoms with Crippen molar-refractivity contribution in [3.63, 3.8) is 0 Å². The first-order chi connectivity index (χ1) is 9.87. The quantitative estimate of drug-likeness (QED) is 0.810. The van der Waals surface area contributed by atoms with Crippen molar-refractivity contribution in [3.05, 3.63) is 54.1 Å². The molecule has 0 aromatic heterocycles. The van der Waals surface area contributed by atoms with Crippen molar-refractivity contribution in [3.8, 4) is 5.75 Å². The second-order valence-electron chi connectivity index (χ2n) is 4.42. The minimum atomic E-state index is -3.93. The van der Waals surface area contributed by atoms with Crippen LogP contribution >= 0.6 is 0 Å². The SMILES string of the molecule is Cc1ccc(S(=O)(=O)NC(=O)Nc2cccc(O)c2)cc1. The zero-order chi connectivity index (χ0) is 15.5. The number of aryl methyl sites for hydroxylation is 1. The summed E-state index contributed by atoms with van der Waals surface area (Å²) in [6.07, 6.45) is 0. The first kappa shape index (κ1) is 14.9. The molecular formula is C14H14N2O4S. The fraction of sp³-hybridized carbons (Fsp3) is 0.0714. The van der Waals surface area contributed by atoms with Gasteiger partial charge in [-0.15, -0.1) is 0 Å². The van der Waals surface area contributed by atoms with Crippen LogP contribution in [0.1, 0.15) is 5.56 Å². The highest BCUT2D eigenvalue weighted by Gasteiger charge is 2.17. The molecule has 0 bridgehead atoms. The molecule has 0 fully saturated rings. The van der Waals surface area contributed by atoms with Gasteiger partial charge < -0.3 is 10.4 Å². The molecule has 0 radical (unpaired) electrons. The number of urea groups is 1. The Hall–Kier alpha value is -2.54. The number of carbonyl (C=O) groups excluding carboxylic acids is 1. The number of phenolic OH excluding ortho intramolecular Hbond substituents is 1. The van der Waals surface area contributed by atoms with Gasteiger partial charge in [0.15, 0.2) is 0 Å². The predicted octanol–water partition coefficient (Wildman–Crippen LogP) is 2.21. The normalized spacial score (nSPS) is 10.9. The van der Waals surface area contributed by atoms with E-state index >= 15 is 0 Å². The predicted molar refractivity (Wildman–Crippen MR) is 78.6 cm³/mol. The van der Waals surface area contributed by atoms with Crippen LogP contribution in [0.4, 0.5) is 10.5 Å². The summed E-state index contributed by atoms with van der Waals surface area (Å²) in [6.45, 7) is 1.83. The summed E-state index contributed by atoms with van der Waals surface area (Å²) in [4.78, 5) is 11.7. The monoisotopic (exact) mass is 306 g/mol. The van der Waals surface area contributed by atoms with Crippen molar-refractivity contribution in [2.24, 2.45) is 0 Å². The molecule has 2 aromatic rings. The molecule has 0 heterocycles. The van der Waals surface area contributed by atoms with Gasteiger partial charge in [-0.1, -0.05) is 23.8 Å². The Labute approximate surface area is 122 Å². The molecular weight excluding hydrogens is 292 g/mol. The Kier molecular flexibility index (Phi) is 4.13. The van der Waals surface area contributed by atoms with E-state index in [-0.39, 0.29) is 16.3 Å². The molecule has 0 spiro atoms. The Morgan fingerprint density at radius 2 is 1.76 bits per heavy atom. The van der Waals surface area contributed by atoms with E-state index in [1.54, 1.807) is 12.1 Å². The van der Waals surface area contributed by atoms with Gasteiger partial charge in [0.05, 0.1) is 4.90 Å². The van der Waals surface area contributed by atoms with Crippen molar-refractivity contribution in [2.45, 2.75) is 11.8 Å². The standard InChI is InChI=1S/C14H14N2O4S/c1-10-5-7-13(8-6-10)21(19,20)16-14(18)15-11-3-2-4-12(17)9-11/h2-9,17H,1H3,(H2,15,16,18). The van der Waals surface area contributed by atoms with Gasteiger partial charge in [-0.25, -0.2) is 17.9 Å². The molecule has 0 saturated heterocycles. The number of sulfonamides is 1. The van der Waals surface area contributed by atoms with Crippen LogP contribution < -0.4 is 10.0 Å². The number of benzene rings is 2. The van der Waals surface area contributed by atoms with Crippen LogP contribution in [0.15, 0.2) is 53.4 Å². The van der Waals surface area contributed by atoms with Crippen molar-refractivity contribution < 1.29 is 18.3 Å². The van der Waals surface area contributed by atoms with E-state index in [9.17, 15) is 18.3 Å². The van der Waals surface area contributed by atoms with Crippen LogP contribution in [0.2, 0.25) is 0 Å². The molecule has 2 amide bonds. The average Bonchev–Trinajstić information content (AvgIpc) is 2.38. The van der Waals surface area contributed by atoms with E-state index in [4.69, 9.17) is 0 Å². The molecule has 21 heavy (non-hydrogen) atoms. The first-order valence-corrected chi connectivity index (χ1v) is 7.55. The molecule has 110 valence electrons. The molecule has 2 rings (SSSR count). The Bertz CT molecular complexity index is 755. The van der Waals surface area contributed by atoms with Crippen molar-refractivity contribution >= 4 is 21.7 Å². The fourth-order valence-electron chi connectivity index (χ4n) is 1.64. The van der Waals surface area contributed by atoms with Crippen LogP contribution in [0, 0.1) is 6.92 Å². The number of carbonyl (C=O) groups is 1. The highest BCUT2D eigenvalue weighted by molar-refractivity contribution is 7.90. The summed E-state index contributed by atoms with van der Waals surface area (Å²) in [5.41, 5.74) is 1.20. The zero-order valence-corrected chi connectivity index (χ0v) is 12.0. The summed E-state index contributed by atoms with van der Waals surface area (Å²) in [5.74, 6) is -0.0332. The minimum absolute atomic E-state index is 0.000779. The van der Waals surface area contributed by atoms with Crippen molar-refractivity contribution in [2.75, 3.05) is 5.32 Å². The van der Waals surface area contributed by atoms with E-state index in [1.165, 1.54) is 36.4 Å². The third kappa shape index (κ3) is 3.96. The maximum absolute atomic E-state index is 12.0. The van der Waals surface area contributed by atoms with E-state index in [0.717, 1.165) is 5.56 Å². The molecule has 3 N–H and O–H groups in total. The Morgan fingerprint density at radius 3 is 2.38 bits per heavy atom. The van der Waals surface area contributed by atoms with Crippen molar-refractivity contribution in [1.29, 1.82) is 0 Å². The van der Waals surface area contributed by atoms with E-state index in [0.29, 0.717) is 0 Å². The third-order valence-corrected chi connectivity index (χ3v) is 4.01. The average molecular weight is 306 g/mol. The first-order valence-electron chi connectivity index (χ1n) is 6.06. The lowest BCUT2D eigenvalue weighted by molar-refractivity contribution is 0.256. The number of hydrogen-bond donors (Lipinski definition) is 3. The smallest absolute Gasteiger partial charge is 0.333 e. The summed E-state index contributed by atoms with van der Waals surface area (Å²) < 4.78 is 25.9. The Balaban J connectivity index is 2.09. The fourth-order valence-corrected chi connectivity index (χ4v) is 2.55. The molecule has 7 heteroatoms. The van der Waals surface area contributed by atoms with E-state index in [2.05, 4.69) is 5.32 Å². The van der Waals surface area contributed by atoms with Crippen LogP contribution in [0.25, 0.3) is 0 Å². The van der Waals surface area contributed by atoms with E-state index in [1.807, 2.05) is 11.6 Å². The van der Waals surface area contributed by atoms with Crippen LogP contribution in [0.5, 0.6) is 5.75 Å². The van der Waals surface area contributed by atoms with Gasteiger partial charge in [0.1, 0.15) is 5.75 Å². The molecule has 2 aromatic carbocycles. The Morgan fingerprint density at radius 1 is 1.10 bits per heavy atom. The molecule has 0 saturated carbocycles. The summed E-state index contributed by atoms with van der Waals surface area (Å²) in [7, 11) is -3.93. The number of hydrogen-bond acceptors (Lipinski definition) is 4. The molecule has 0 aliphatic heterocycles. The van der Waals surface area contributed by atoms with Gasteiger partial charge in [-0.3, -0.25) is 0 Å². The number of nitrogens with one attached hydrogen (secondary N) is 2. The molecule has 0 unspecified atom stereocenters. The van der Waals surface area contributed by atoms with Crippen molar-refractivity contribution in [1.82, 2.24) is 4.72 Å². The summed E-state index contributed by atoms with van der Waals surface area (Å²) in [5, 5.41) is 11.6. The van der Waals surface area contributed by atoms with Gasteiger partial charge in [-0.2, -0.15) is 0 Å². The van der Waals surface area contributed by atoms with Gasteiger partial charge in [0.2, 0.25) is 0 Å². The molecule has 6 nitrogen and oxygen atoms in total. The van der Waals surface area contributed by atoms with Crippen LogP contribution in [-0.4, -0.2) is 19.6 Å². The maximum atomic E-state index is 12.0. The topological polar surface area (TPSA) is 95.5 Å². The van der Waals surface area contributed by atoms with E-state index < -0.39 is 16.1 Å². The lowest BCUT2D eigenvalue weighted by Gasteiger charge is -2.09. The lowest BCUT2D eigenvalue weighted by atomic mass is 10.2. The number of aromatic hydroxyl groups is 1. The number of anilines is 1. The van der Waals surface area contributed by atoms with Gasteiger partial charge in [0.25, 0.3) is 10.0 Å². The van der Waals surface area contributed by atoms with Gasteiger partial charge >= 0.3 is 6.03 Å². The van der Waals surface area contributed by atoms with Crippen LogP contribution in [-0.2, 0) is 10.0 Å². The molecule has 0 atom stereocenters. The summed E-state index contributed by atoms with van der Waals surface area (Å²) >= 11 is 0. The third-order valence-electron chi connectivity index (χ3n) is 2.66. The number of rotatable bonds is 3. The van der Waals surface area contributed by atoms with Crippen LogP contribution in [0.3, 0.4) is 0 Å². The minimum Gasteiger partial charge on any atom is -0.508 e. The second-order valence-corrected chi connectivity index (χ2v) is 6.11.